The quantitative estimate of drug-likeness (QED) is 0.217. The lowest BCUT2D eigenvalue weighted by Crippen LogP contribution is -2.33. The third-order valence-corrected chi connectivity index (χ3v) is 6.99. The molecule has 0 bridgehead atoms. The number of methoxy groups -OCH3 is 1. The Balaban J connectivity index is 1.77. The second kappa shape index (κ2) is 11.5. The van der Waals surface area contributed by atoms with E-state index in [1.807, 2.05) is 13.0 Å². The van der Waals surface area contributed by atoms with Gasteiger partial charge in [0, 0.05) is 23.3 Å². The van der Waals surface area contributed by atoms with E-state index in [2.05, 4.69) is 4.98 Å². The Kier molecular flexibility index (Phi) is 8.11. The van der Waals surface area contributed by atoms with Gasteiger partial charge in [-0.3, -0.25) is 14.2 Å². The highest BCUT2D eigenvalue weighted by Crippen LogP contribution is 2.32. The monoisotopic (exact) mass is 536 g/mol. The fourth-order valence-corrected chi connectivity index (χ4v) is 4.83. The van der Waals surface area contributed by atoms with E-state index in [1.165, 1.54) is 40.8 Å². The van der Waals surface area contributed by atoms with E-state index in [-0.39, 0.29) is 35.3 Å². The van der Waals surface area contributed by atoms with Gasteiger partial charge >= 0.3 is 0 Å². The van der Waals surface area contributed by atoms with Crippen molar-refractivity contribution >= 4 is 45.9 Å². The zero-order chi connectivity index (χ0) is 26.5. The number of nitriles is 1. The van der Waals surface area contributed by atoms with Crippen molar-refractivity contribution in [2.45, 2.75) is 18.5 Å². The second-order valence-electron chi connectivity index (χ2n) is 8.04. The number of aryl methyl sites for hydroxylation is 1. The molecule has 188 valence electrons. The second-order valence-corrected chi connectivity index (χ2v) is 9.39. The smallest absolute Gasteiger partial charge is 0.266 e. The largest absolute Gasteiger partial charge is 0.495 e. The summed E-state index contributed by atoms with van der Waals surface area (Å²) in [6.07, 6.45) is 0.105. The number of halogens is 2. The molecular weight excluding hydrogens is 515 g/mol. The Bertz CT molecular complexity index is 1570. The number of rotatable bonds is 8. The Morgan fingerprint density at radius 2 is 1.95 bits per heavy atom. The number of thioether (sulfide) groups is 1. The van der Waals surface area contributed by atoms with Crippen molar-refractivity contribution in [3.8, 4) is 17.5 Å². The topological polar surface area (TPSA) is 88.2 Å². The molecule has 7 nitrogen and oxygen atoms in total. The van der Waals surface area contributed by atoms with Gasteiger partial charge < -0.3 is 9.64 Å². The Morgan fingerprint density at radius 1 is 1.22 bits per heavy atom. The summed E-state index contributed by atoms with van der Waals surface area (Å²) in [5.74, 6) is -0.449. The average molecular weight is 537 g/mol. The molecule has 1 amide bonds. The molecule has 0 aliphatic rings. The number of benzene rings is 3. The summed E-state index contributed by atoms with van der Waals surface area (Å²) < 4.78 is 20.4. The maximum absolute atomic E-state index is 13.6. The molecule has 3 aromatic carbocycles. The molecule has 0 radical (unpaired) electrons. The number of carbonyl (C=O) groups is 1. The van der Waals surface area contributed by atoms with E-state index in [1.54, 1.807) is 36.4 Å². The van der Waals surface area contributed by atoms with Crippen LogP contribution in [-0.4, -0.2) is 34.9 Å². The van der Waals surface area contributed by atoms with Crippen LogP contribution in [0.4, 0.5) is 10.1 Å². The van der Waals surface area contributed by atoms with Gasteiger partial charge in [-0.1, -0.05) is 35.5 Å². The summed E-state index contributed by atoms with van der Waals surface area (Å²) in [5.41, 5.74) is 1.83. The highest BCUT2D eigenvalue weighted by Gasteiger charge is 2.21. The van der Waals surface area contributed by atoms with Crippen molar-refractivity contribution in [2.24, 2.45) is 0 Å². The third-order valence-electron chi connectivity index (χ3n) is 5.66. The molecule has 1 aromatic heterocycles. The van der Waals surface area contributed by atoms with Crippen molar-refractivity contribution in [2.75, 3.05) is 24.3 Å². The first-order chi connectivity index (χ1) is 17.8. The minimum Gasteiger partial charge on any atom is -0.495 e. The summed E-state index contributed by atoms with van der Waals surface area (Å²) in [7, 11) is 1.48. The molecule has 4 rings (SSSR count). The van der Waals surface area contributed by atoms with Gasteiger partial charge in [0.15, 0.2) is 5.16 Å². The highest BCUT2D eigenvalue weighted by atomic mass is 35.5. The molecule has 0 aliphatic heterocycles. The summed E-state index contributed by atoms with van der Waals surface area (Å²) in [5, 5.41) is 10.2. The maximum Gasteiger partial charge on any atom is 0.266 e. The lowest BCUT2D eigenvalue weighted by atomic mass is 10.2. The van der Waals surface area contributed by atoms with Crippen LogP contribution < -0.4 is 15.2 Å². The third kappa shape index (κ3) is 5.61. The number of amides is 1. The predicted molar refractivity (Wildman–Crippen MR) is 143 cm³/mol. The van der Waals surface area contributed by atoms with E-state index in [4.69, 9.17) is 21.6 Å². The van der Waals surface area contributed by atoms with Crippen LogP contribution in [0, 0.1) is 24.1 Å². The normalized spacial score (nSPS) is 10.8. The molecule has 0 spiro atoms. The zero-order valence-electron chi connectivity index (χ0n) is 20.1. The van der Waals surface area contributed by atoms with Gasteiger partial charge in [0.05, 0.1) is 41.9 Å². The Labute approximate surface area is 222 Å². The van der Waals surface area contributed by atoms with Crippen LogP contribution in [0.15, 0.2) is 70.6 Å². The number of fused-ring (bicyclic) bond motifs is 1. The summed E-state index contributed by atoms with van der Waals surface area (Å²) in [4.78, 5) is 33.0. The minimum atomic E-state index is -0.428. The zero-order valence-corrected chi connectivity index (χ0v) is 21.6. The molecule has 0 saturated carbocycles. The van der Waals surface area contributed by atoms with Gasteiger partial charge in [-0.25, -0.2) is 9.37 Å². The van der Waals surface area contributed by atoms with Crippen LogP contribution in [0.25, 0.3) is 16.6 Å². The Morgan fingerprint density at radius 3 is 2.65 bits per heavy atom. The van der Waals surface area contributed by atoms with Crippen molar-refractivity contribution in [3.63, 3.8) is 0 Å². The molecule has 1 heterocycles. The number of para-hydroxylation sites is 1. The van der Waals surface area contributed by atoms with Crippen molar-refractivity contribution in [1.29, 1.82) is 5.26 Å². The van der Waals surface area contributed by atoms with E-state index < -0.39 is 5.82 Å². The van der Waals surface area contributed by atoms with Gasteiger partial charge in [-0.15, -0.1) is 0 Å². The van der Waals surface area contributed by atoms with Gasteiger partial charge in [-0.05, 0) is 55.0 Å². The summed E-state index contributed by atoms with van der Waals surface area (Å²) in [6.45, 7) is 1.96. The van der Waals surface area contributed by atoms with Crippen LogP contribution in [0.5, 0.6) is 5.75 Å². The molecule has 0 N–H and O–H groups in total. The fourth-order valence-electron chi connectivity index (χ4n) is 3.79. The average Bonchev–Trinajstić information content (AvgIpc) is 2.90. The van der Waals surface area contributed by atoms with Gasteiger partial charge in [0.1, 0.15) is 11.6 Å². The summed E-state index contributed by atoms with van der Waals surface area (Å²) in [6, 6.07) is 17.8. The van der Waals surface area contributed by atoms with Crippen molar-refractivity contribution in [1.82, 2.24) is 9.55 Å². The van der Waals surface area contributed by atoms with Crippen LogP contribution in [0.3, 0.4) is 0 Å². The number of ether oxygens (including phenoxy) is 1. The van der Waals surface area contributed by atoms with E-state index in [9.17, 15) is 14.0 Å². The molecule has 4 aromatic rings. The standard InChI is InChI=1S/C27H22ClFN4O3S/c1-17-14-23(24(36-2)15-21(17)28)33-26(35)20-6-3-4-7-22(20)31-27(33)37-16-25(34)32(13-5-12-30)19-10-8-18(29)9-11-19/h3-4,6-11,14-15H,5,13,16H2,1-2H3. The van der Waals surface area contributed by atoms with Gasteiger partial charge in [0.25, 0.3) is 5.56 Å². The first kappa shape index (κ1) is 26.2. The van der Waals surface area contributed by atoms with Crippen LogP contribution in [0.2, 0.25) is 5.02 Å². The number of carbonyl (C=O) groups excluding carboxylic acids is 1. The summed E-state index contributed by atoms with van der Waals surface area (Å²) >= 11 is 7.37. The predicted octanol–water partition coefficient (Wildman–Crippen LogP) is 5.53. The minimum absolute atomic E-state index is 0.0809. The molecule has 0 unspecified atom stereocenters. The molecule has 0 saturated heterocycles. The number of anilines is 1. The van der Waals surface area contributed by atoms with Gasteiger partial charge in [-0.2, -0.15) is 5.26 Å². The van der Waals surface area contributed by atoms with Crippen molar-refractivity contribution < 1.29 is 13.9 Å². The van der Waals surface area contributed by atoms with E-state index in [0.717, 1.165) is 17.3 Å². The van der Waals surface area contributed by atoms with Crippen LogP contribution in [-0.2, 0) is 4.79 Å². The Hall–Kier alpha value is -3.87. The fraction of sp³-hybridized carbons (Fsp3) is 0.185. The molecule has 37 heavy (non-hydrogen) atoms. The number of aromatic nitrogens is 2. The first-order valence-electron chi connectivity index (χ1n) is 11.3. The van der Waals surface area contributed by atoms with Crippen LogP contribution in [0.1, 0.15) is 12.0 Å². The highest BCUT2D eigenvalue weighted by molar-refractivity contribution is 7.99. The van der Waals surface area contributed by atoms with E-state index >= 15 is 0 Å². The molecule has 0 aliphatic carbocycles. The SMILES string of the molecule is COc1cc(Cl)c(C)cc1-n1c(SCC(=O)N(CCC#N)c2ccc(F)cc2)nc2ccccc2c1=O. The van der Waals surface area contributed by atoms with Gasteiger partial charge in [0.2, 0.25) is 5.91 Å². The van der Waals surface area contributed by atoms with Crippen molar-refractivity contribution in [3.05, 3.63) is 87.4 Å². The molecule has 0 fully saturated rings. The lowest BCUT2D eigenvalue weighted by molar-refractivity contribution is -0.116. The molecule has 0 atom stereocenters. The number of hydrogen-bond donors (Lipinski definition) is 0. The molecular formula is C27H22ClFN4O3S. The molecule has 10 heteroatoms. The number of nitrogens with zero attached hydrogens (tertiary/aromatic N) is 4. The number of hydrogen-bond acceptors (Lipinski definition) is 6. The maximum atomic E-state index is 13.6. The van der Waals surface area contributed by atoms with Crippen LogP contribution >= 0.6 is 23.4 Å². The first-order valence-corrected chi connectivity index (χ1v) is 12.6. The van der Waals surface area contributed by atoms with E-state index in [0.29, 0.717) is 33.0 Å². The lowest BCUT2D eigenvalue weighted by Gasteiger charge is -2.22.